The van der Waals surface area contributed by atoms with Crippen molar-refractivity contribution < 1.29 is 24.2 Å². The molecule has 0 fully saturated rings. The lowest BCUT2D eigenvalue weighted by Gasteiger charge is -2.17. The highest BCUT2D eigenvalue weighted by molar-refractivity contribution is 5.81. The van der Waals surface area contributed by atoms with Crippen molar-refractivity contribution in [1.82, 2.24) is 5.32 Å². The summed E-state index contributed by atoms with van der Waals surface area (Å²) < 4.78 is 10.4. The molecular weight excluding hydrogens is 334 g/mol. The molecule has 6 nitrogen and oxygen atoms in total. The average Bonchev–Trinajstić information content (AvgIpc) is 2.69. The van der Waals surface area contributed by atoms with Gasteiger partial charge in [-0.1, -0.05) is 60.7 Å². The number of carbonyl (C=O) groups is 2. The standard InChI is InChI=1S/C20H23NO5/c22-13-7-12-18(19(23)25-14-16-8-3-1-4-9-16)21-20(24)26-15-17-10-5-2-6-11-17/h1-6,8-11,18,22H,7,12-15H2,(H,21,24)/t18-/m1/s1. The number of esters is 1. The molecule has 2 aromatic carbocycles. The summed E-state index contributed by atoms with van der Waals surface area (Å²) in [5.74, 6) is -0.557. The number of nitrogens with one attached hydrogen (secondary N) is 1. The first-order valence-electron chi connectivity index (χ1n) is 8.47. The molecule has 0 aromatic heterocycles. The lowest BCUT2D eigenvalue weighted by atomic mass is 10.1. The largest absolute Gasteiger partial charge is 0.459 e. The van der Waals surface area contributed by atoms with Crippen molar-refractivity contribution in [2.45, 2.75) is 32.1 Å². The third kappa shape index (κ3) is 6.94. The molecule has 0 aliphatic heterocycles. The minimum absolute atomic E-state index is 0.0802. The average molecular weight is 357 g/mol. The zero-order valence-electron chi connectivity index (χ0n) is 14.5. The zero-order chi connectivity index (χ0) is 18.6. The normalized spacial score (nSPS) is 11.4. The highest BCUT2D eigenvalue weighted by Crippen LogP contribution is 2.06. The van der Waals surface area contributed by atoms with Crippen LogP contribution in [0.2, 0.25) is 0 Å². The second kappa shape index (κ2) is 10.9. The molecule has 0 bridgehead atoms. The second-order valence-electron chi connectivity index (χ2n) is 5.72. The van der Waals surface area contributed by atoms with Crippen LogP contribution in [0.5, 0.6) is 0 Å². The lowest BCUT2D eigenvalue weighted by molar-refractivity contribution is -0.147. The summed E-state index contributed by atoms with van der Waals surface area (Å²) in [6, 6.07) is 17.6. The molecule has 0 spiro atoms. The molecule has 0 heterocycles. The highest BCUT2D eigenvalue weighted by atomic mass is 16.6. The molecule has 2 aromatic rings. The van der Waals surface area contributed by atoms with Gasteiger partial charge in [0, 0.05) is 6.61 Å². The van der Waals surface area contributed by atoms with Crippen molar-refractivity contribution in [3.05, 3.63) is 71.8 Å². The Hall–Kier alpha value is -2.86. The van der Waals surface area contributed by atoms with Crippen LogP contribution >= 0.6 is 0 Å². The molecule has 0 unspecified atom stereocenters. The number of aliphatic hydroxyl groups is 1. The van der Waals surface area contributed by atoms with Gasteiger partial charge >= 0.3 is 12.1 Å². The van der Waals surface area contributed by atoms with Gasteiger partial charge in [0.15, 0.2) is 0 Å². The molecule has 0 saturated carbocycles. The number of amides is 1. The van der Waals surface area contributed by atoms with Gasteiger partial charge in [0.1, 0.15) is 19.3 Å². The summed E-state index contributed by atoms with van der Waals surface area (Å²) >= 11 is 0. The van der Waals surface area contributed by atoms with Crippen LogP contribution in [0.25, 0.3) is 0 Å². The molecule has 6 heteroatoms. The van der Waals surface area contributed by atoms with Crippen LogP contribution in [-0.4, -0.2) is 29.8 Å². The van der Waals surface area contributed by atoms with Crippen molar-refractivity contribution in [2.75, 3.05) is 6.61 Å². The van der Waals surface area contributed by atoms with Gasteiger partial charge in [0.05, 0.1) is 0 Å². The molecule has 1 amide bonds. The van der Waals surface area contributed by atoms with Crippen LogP contribution in [0.1, 0.15) is 24.0 Å². The Morgan fingerprint density at radius 2 is 1.42 bits per heavy atom. The number of alkyl carbamates (subject to hydrolysis) is 1. The smallest absolute Gasteiger partial charge is 0.408 e. The Morgan fingerprint density at radius 1 is 0.885 bits per heavy atom. The Morgan fingerprint density at radius 3 is 1.96 bits per heavy atom. The minimum atomic E-state index is -0.867. The molecule has 0 saturated heterocycles. The Bertz CT molecular complexity index is 675. The van der Waals surface area contributed by atoms with Crippen LogP contribution in [0.15, 0.2) is 60.7 Å². The van der Waals surface area contributed by atoms with E-state index in [4.69, 9.17) is 14.6 Å². The second-order valence-corrected chi connectivity index (χ2v) is 5.72. The lowest BCUT2D eigenvalue weighted by Crippen LogP contribution is -2.42. The SMILES string of the molecule is O=C(N[C@H](CCCO)C(=O)OCc1ccccc1)OCc1ccccc1. The number of aliphatic hydroxyl groups excluding tert-OH is 1. The minimum Gasteiger partial charge on any atom is -0.459 e. The predicted molar refractivity (Wildman–Crippen MR) is 96.1 cm³/mol. The summed E-state index contributed by atoms with van der Waals surface area (Å²) in [4.78, 5) is 24.2. The Kier molecular flexibility index (Phi) is 8.15. The van der Waals surface area contributed by atoms with E-state index in [9.17, 15) is 9.59 Å². The van der Waals surface area contributed by atoms with Crippen molar-refractivity contribution in [3.8, 4) is 0 Å². The van der Waals surface area contributed by atoms with Gasteiger partial charge in [0.2, 0.25) is 0 Å². The number of ether oxygens (including phenoxy) is 2. The van der Waals surface area contributed by atoms with Crippen LogP contribution in [0, 0.1) is 0 Å². The summed E-state index contributed by atoms with van der Waals surface area (Å²) in [7, 11) is 0. The van der Waals surface area contributed by atoms with Crippen LogP contribution in [0.3, 0.4) is 0 Å². The zero-order valence-corrected chi connectivity index (χ0v) is 14.5. The molecule has 2 rings (SSSR count). The van der Waals surface area contributed by atoms with E-state index in [1.165, 1.54) is 0 Å². The molecule has 138 valence electrons. The predicted octanol–water partition coefficient (Wildman–Crippen LogP) is 2.80. The van der Waals surface area contributed by atoms with E-state index < -0.39 is 18.1 Å². The highest BCUT2D eigenvalue weighted by Gasteiger charge is 2.22. The van der Waals surface area contributed by atoms with E-state index >= 15 is 0 Å². The maximum absolute atomic E-state index is 12.3. The third-order valence-corrected chi connectivity index (χ3v) is 3.66. The molecule has 2 N–H and O–H groups in total. The summed E-state index contributed by atoms with van der Waals surface area (Å²) in [6.07, 6.45) is -0.0669. The van der Waals surface area contributed by atoms with Gasteiger partial charge in [-0.05, 0) is 24.0 Å². The van der Waals surface area contributed by atoms with Crippen molar-refractivity contribution >= 4 is 12.1 Å². The van der Waals surface area contributed by atoms with Gasteiger partial charge in [-0.15, -0.1) is 0 Å². The van der Waals surface area contributed by atoms with E-state index in [2.05, 4.69) is 5.32 Å². The molecular formula is C20H23NO5. The monoisotopic (exact) mass is 357 g/mol. The number of rotatable bonds is 9. The van der Waals surface area contributed by atoms with Gasteiger partial charge < -0.3 is 19.9 Å². The quantitative estimate of drug-likeness (QED) is 0.674. The fraction of sp³-hybridized carbons (Fsp3) is 0.300. The molecule has 26 heavy (non-hydrogen) atoms. The van der Waals surface area contributed by atoms with Gasteiger partial charge in [0.25, 0.3) is 0 Å². The van der Waals surface area contributed by atoms with Gasteiger partial charge in [-0.3, -0.25) is 0 Å². The van der Waals surface area contributed by atoms with Crippen molar-refractivity contribution in [2.24, 2.45) is 0 Å². The van der Waals surface area contributed by atoms with E-state index in [1.807, 2.05) is 60.7 Å². The third-order valence-electron chi connectivity index (χ3n) is 3.66. The van der Waals surface area contributed by atoms with Gasteiger partial charge in [-0.2, -0.15) is 0 Å². The number of hydrogen-bond donors (Lipinski definition) is 2. The first kappa shape index (κ1) is 19.5. The first-order chi connectivity index (χ1) is 12.7. The fourth-order valence-electron chi connectivity index (χ4n) is 2.28. The Labute approximate surface area is 152 Å². The Balaban J connectivity index is 1.84. The van der Waals surface area contributed by atoms with E-state index in [0.29, 0.717) is 6.42 Å². The maximum atomic E-state index is 12.3. The maximum Gasteiger partial charge on any atom is 0.408 e. The first-order valence-corrected chi connectivity index (χ1v) is 8.47. The van der Waals surface area contributed by atoms with E-state index in [1.54, 1.807) is 0 Å². The van der Waals surface area contributed by atoms with E-state index in [0.717, 1.165) is 11.1 Å². The summed E-state index contributed by atoms with van der Waals surface area (Å²) in [5, 5.41) is 11.5. The topological polar surface area (TPSA) is 84.9 Å². The number of hydrogen-bond acceptors (Lipinski definition) is 5. The van der Waals surface area contributed by atoms with Gasteiger partial charge in [-0.25, -0.2) is 9.59 Å². The molecule has 0 aliphatic carbocycles. The summed E-state index contributed by atoms with van der Waals surface area (Å²) in [5.41, 5.74) is 1.70. The van der Waals surface area contributed by atoms with Crippen LogP contribution < -0.4 is 5.32 Å². The van der Waals surface area contributed by atoms with Crippen molar-refractivity contribution in [1.29, 1.82) is 0 Å². The summed E-state index contributed by atoms with van der Waals surface area (Å²) in [6.45, 7) is 0.151. The molecule has 1 atom stereocenters. The van der Waals surface area contributed by atoms with Crippen LogP contribution in [-0.2, 0) is 27.5 Å². The van der Waals surface area contributed by atoms with Crippen molar-refractivity contribution in [3.63, 3.8) is 0 Å². The molecule has 0 radical (unpaired) electrons. The fourth-order valence-corrected chi connectivity index (χ4v) is 2.28. The number of carbonyl (C=O) groups excluding carboxylic acids is 2. The van der Waals surface area contributed by atoms with E-state index in [-0.39, 0.29) is 26.2 Å². The molecule has 0 aliphatic rings. The number of benzene rings is 2. The van der Waals surface area contributed by atoms with Crippen LogP contribution in [0.4, 0.5) is 4.79 Å².